The van der Waals surface area contributed by atoms with Crippen molar-refractivity contribution >= 4 is 0 Å². The van der Waals surface area contributed by atoms with Gasteiger partial charge in [0, 0.05) is 12.1 Å². The van der Waals surface area contributed by atoms with Gasteiger partial charge in [-0.15, -0.1) is 0 Å². The Morgan fingerprint density at radius 1 is 1.27 bits per heavy atom. The van der Waals surface area contributed by atoms with Crippen LogP contribution in [-0.2, 0) is 0 Å². The minimum Gasteiger partial charge on any atom is -0.308 e. The summed E-state index contributed by atoms with van der Waals surface area (Å²) in [7, 11) is 0. The van der Waals surface area contributed by atoms with E-state index in [2.05, 4.69) is 33.0 Å². The van der Waals surface area contributed by atoms with Crippen molar-refractivity contribution in [3.8, 4) is 0 Å². The Kier molecular flexibility index (Phi) is 2.58. The van der Waals surface area contributed by atoms with Crippen molar-refractivity contribution in [3.63, 3.8) is 0 Å². The van der Waals surface area contributed by atoms with Crippen LogP contribution in [0.15, 0.2) is 0 Å². The molecule has 1 N–H and O–H groups in total. The maximum absolute atomic E-state index is 3.54. The molecule has 1 heteroatoms. The average molecular weight is 155 g/mol. The van der Waals surface area contributed by atoms with Gasteiger partial charge in [-0.2, -0.15) is 0 Å². The van der Waals surface area contributed by atoms with Crippen molar-refractivity contribution < 1.29 is 0 Å². The normalized spacial score (nSPS) is 30.5. The summed E-state index contributed by atoms with van der Waals surface area (Å²) in [5, 5.41) is 3.54. The molecular weight excluding hydrogens is 134 g/mol. The standard InChI is InChI=1S/C10H21N/c1-5-7-10(3,4)9-8(6-2)11-9/h8-9,11H,5-7H2,1-4H3. The van der Waals surface area contributed by atoms with Gasteiger partial charge in [-0.3, -0.25) is 0 Å². The Morgan fingerprint density at radius 3 is 2.27 bits per heavy atom. The Bertz CT molecular complexity index is 129. The Morgan fingerprint density at radius 2 is 1.91 bits per heavy atom. The van der Waals surface area contributed by atoms with Gasteiger partial charge < -0.3 is 5.32 Å². The fourth-order valence-electron chi connectivity index (χ4n) is 2.10. The minimum absolute atomic E-state index is 0.523. The predicted octanol–water partition coefficient (Wildman–Crippen LogP) is 2.56. The van der Waals surface area contributed by atoms with Crippen LogP contribution in [0.2, 0.25) is 0 Å². The van der Waals surface area contributed by atoms with E-state index in [0.29, 0.717) is 5.41 Å². The fraction of sp³-hybridized carbons (Fsp3) is 1.00. The van der Waals surface area contributed by atoms with Crippen molar-refractivity contribution in [2.45, 2.75) is 59.0 Å². The molecule has 1 rings (SSSR count). The van der Waals surface area contributed by atoms with Crippen molar-refractivity contribution in [3.05, 3.63) is 0 Å². The van der Waals surface area contributed by atoms with Gasteiger partial charge in [-0.25, -0.2) is 0 Å². The largest absolute Gasteiger partial charge is 0.308 e. The molecule has 0 radical (unpaired) electrons. The molecule has 2 atom stereocenters. The van der Waals surface area contributed by atoms with Gasteiger partial charge in [-0.1, -0.05) is 34.1 Å². The molecule has 0 amide bonds. The molecule has 0 aromatic carbocycles. The van der Waals surface area contributed by atoms with Crippen LogP contribution in [0.3, 0.4) is 0 Å². The molecule has 0 aliphatic carbocycles. The summed E-state index contributed by atoms with van der Waals surface area (Å²) in [5.41, 5.74) is 0.523. The first-order valence-corrected chi connectivity index (χ1v) is 4.88. The molecule has 11 heavy (non-hydrogen) atoms. The zero-order chi connectivity index (χ0) is 8.48. The summed E-state index contributed by atoms with van der Waals surface area (Å²) in [6.07, 6.45) is 3.95. The number of hydrogen-bond donors (Lipinski definition) is 1. The zero-order valence-corrected chi connectivity index (χ0v) is 8.28. The molecule has 0 aromatic heterocycles. The lowest BCUT2D eigenvalue weighted by atomic mass is 9.82. The van der Waals surface area contributed by atoms with Crippen molar-refractivity contribution in [1.82, 2.24) is 5.32 Å². The lowest BCUT2D eigenvalue weighted by molar-refractivity contribution is 0.316. The van der Waals surface area contributed by atoms with E-state index in [1.165, 1.54) is 19.3 Å². The first-order chi connectivity index (χ1) is 5.11. The molecule has 2 unspecified atom stereocenters. The lowest BCUT2D eigenvalue weighted by Crippen LogP contribution is -2.21. The highest BCUT2D eigenvalue weighted by atomic mass is 15.2. The molecule has 0 spiro atoms. The SMILES string of the molecule is CCCC(C)(C)C1NC1CC. The van der Waals surface area contributed by atoms with Crippen LogP contribution in [-0.4, -0.2) is 12.1 Å². The lowest BCUT2D eigenvalue weighted by Gasteiger charge is -2.22. The maximum Gasteiger partial charge on any atom is 0.0275 e. The van der Waals surface area contributed by atoms with Crippen LogP contribution in [0.1, 0.15) is 47.0 Å². The Hall–Kier alpha value is -0.0400. The number of nitrogens with one attached hydrogen (secondary N) is 1. The van der Waals surface area contributed by atoms with E-state index in [0.717, 1.165) is 12.1 Å². The molecular formula is C10H21N. The van der Waals surface area contributed by atoms with Gasteiger partial charge in [0.15, 0.2) is 0 Å². The summed E-state index contributed by atoms with van der Waals surface area (Å²) in [6.45, 7) is 9.29. The van der Waals surface area contributed by atoms with E-state index in [1.807, 2.05) is 0 Å². The number of hydrogen-bond acceptors (Lipinski definition) is 1. The van der Waals surface area contributed by atoms with Gasteiger partial charge in [0.05, 0.1) is 0 Å². The highest BCUT2D eigenvalue weighted by molar-refractivity contribution is 5.05. The summed E-state index contributed by atoms with van der Waals surface area (Å²) in [6, 6.07) is 1.61. The van der Waals surface area contributed by atoms with Gasteiger partial charge in [0.25, 0.3) is 0 Å². The molecule has 1 aliphatic rings. The van der Waals surface area contributed by atoms with Gasteiger partial charge in [0.2, 0.25) is 0 Å². The highest BCUT2D eigenvalue weighted by Crippen LogP contribution is 2.36. The van der Waals surface area contributed by atoms with Crippen LogP contribution < -0.4 is 5.32 Å². The summed E-state index contributed by atoms with van der Waals surface area (Å²) in [4.78, 5) is 0. The molecule has 1 nitrogen and oxygen atoms in total. The van der Waals surface area contributed by atoms with Crippen LogP contribution >= 0.6 is 0 Å². The average Bonchev–Trinajstić information content (AvgIpc) is 2.65. The Balaban J connectivity index is 2.35. The van der Waals surface area contributed by atoms with Crippen LogP contribution in [0.25, 0.3) is 0 Å². The van der Waals surface area contributed by atoms with Crippen molar-refractivity contribution in [1.29, 1.82) is 0 Å². The topological polar surface area (TPSA) is 21.9 Å². The van der Waals surface area contributed by atoms with E-state index < -0.39 is 0 Å². The third-order valence-electron chi connectivity index (χ3n) is 2.86. The quantitative estimate of drug-likeness (QED) is 0.619. The maximum atomic E-state index is 3.54. The first-order valence-electron chi connectivity index (χ1n) is 4.88. The third-order valence-corrected chi connectivity index (χ3v) is 2.86. The van der Waals surface area contributed by atoms with Crippen molar-refractivity contribution in [2.24, 2.45) is 5.41 Å². The molecule has 0 saturated carbocycles. The second-order valence-electron chi connectivity index (χ2n) is 4.40. The van der Waals surface area contributed by atoms with E-state index in [-0.39, 0.29) is 0 Å². The molecule has 1 saturated heterocycles. The molecule has 1 aliphatic heterocycles. The molecule has 0 bridgehead atoms. The van der Waals surface area contributed by atoms with Crippen LogP contribution in [0, 0.1) is 5.41 Å². The third kappa shape index (κ3) is 1.96. The monoisotopic (exact) mass is 155 g/mol. The van der Waals surface area contributed by atoms with E-state index in [9.17, 15) is 0 Å². The zero-order valence-electron chi connectivity index (χ0n) is 8.28. The van der Waals surface area contributed by atoms with E-state index >= 15 is 0 Å². The summed E-state index contributed by atoms with van der Waals surface area (Å²) in [5.74, 6) is 0. The van der Waals surface area contributed by atoms with Crippen LogP contribution in [0.5, 0.6) is 0 Å². The smallest absolute Gasteiger partial charge is 0.0275 e. The highest BCUT2D eigenvalue weighted by Gasteiger charge is 2.44. The molecule has 1 heterocycles. The molecule has 0 aromatic rings. The van der Waals surface area contributed by atoms with E-state index in [4.69, 9.17) is 0 Å². The first kappa shape index (κ1) is 9.05. The fourth-order valence-corrected chi connectivity index (χ4v) is 2.10. The van der Waals surface area contributed by atoms with Gasteiger partial charge >= 0.3 is 0 Å². The predicted molar refractivity (Wildman–Crippen MR) is 49.7 cm³/mol. The minimum atomic E-state index is 0.523. The van der Waals surface area contributed by atoms with Gasteiger partial charge in [0.1, 0.15) is 0 Å². The summed E-state index contributed by atoms with van der Waals surface area (Å²) < 4.78 is 0. The van der Waals surface area contributed by atoms with Gasteiger partial charge in [-0.05, 0) is 18.3 Å². The van der Waals surface area contributed by atoms with Crippen molar-refractivity contribution in [2.75, 3.05) is 0 Å². The second kappa shape index (κ2) is 3.14. The van der Waals surface area contributed by atoms with Crippen LogP contribution in [0.4, 0.5) is 0 Å². The van der Waals surface area contributed by atoms with E-state index in [1.54, 1.807) is 0 Å². The second-order valence-corrected chi connectivity index (χ2v) is 4.40. The molecule has 1 fully saturated rings. The number of rotatable bonds is 4. The summed E-state index contributed by atoms with van der Waals surface area (Å²) >= 11 is 0. The Labute approximate surface area is 70.6 Å². The molecule has 66 valence electrons.